The number of aromatic nitrogens is 2. The third kappa shape index (κ3) is 11.2. The van der Waals surface area contributed by atoms with Gasteiger partial charge in [0.2, 0.25) is 0 Å². The lowest BCUT2D eigenvalue weighted by Gasteiger charge is -2.19. The van der Waals surface area contributed by atoms with E-state index in [-0.39, 0.29) is 0 Å². The van der Waals surface area contributed by atoms with Gasteiger partial charge in [-0.3, -0.25) is 0 Å². The van der Waals surface area contributed by atoms with Gasteiger partial charge >= 0.3 is 0 Å². The molecular weight excluding hydrogens is 1250 g/mol. The minimum Gasteiger partial charge on any atom is -0.341 e. The monoisotopic (exact) mass is 1330 g/mol. The predicted octanol–water partition coefficient (Wildman–Crippen LogP) is 28.5. The van der Waals surface area contributed by atoms with Crippen LogP contribution in [0.1, 0.15) is 36.1 Å². The number of hydrogen-bond donors (Lipinski definition) is 0. The van der Waals surface area contributed by atoms with Crippen LogP contribution >= 0.6 is 0 Å². The lowest BCUT2D eigenvalue weighted by atomic mass is 9.84. The molecule has 0 bridgehead atoms. The molecule has 2 heteroatoms. The summed E-state index contributed by atoms with van der Waals surface area (Å²) in [6.07, 6.45) is 0. The lowest BCUT2D eigenvalue weighted by Crippen LogP contribution is -1.92. The highest BCUT2D eigenvalue weighted by Gasteiger charge is 2.21. The average Bonchev–Trinajstić information content (AvgIpc) is 1.18. The van der Waals surface area contributed by atoms with Crippen LogP contribution in [-0.2, 0) is 13.1 Å². The van der Waals surface area contributed by atoms with Crippen molar-refractivity contribution in [1.82, 2.24) is 9.13 Å². The van der Waals surface area contributed by atoms with Gasteiger partial charge in [0.25, 0.3) is 0 Å². The Hall–Kier alpha value is -12.6. The normalized spacial score (nSPS) is 11.6. The van der Waals surface area contributed by atoms with Gasteiger partial charge in [0.15, 0.2) is 0 Å². The van der Waals surface area contributed by atoms with E-state index in [0.717, 1.165) is 13.1 Å². The largest absolute Gasteiger partial charge is 0.341 e. The summed E-state index contributed by atoms with van der Waals surface area (Å²) in [6, 6.07) is 126. The van der Waals surface area contributed by atoms with E-state index in [9.17, 15) is 0 Å². The van der Waals surface area contributed by atoms with Gasteiger partial charge in [-0.25, -0.2) is 0 Å². The number of para-hydroxylation sites is 2. The van der Waals surface area contributed by atoms with Crippen molar-refractivity contribution in [2.45, 2.75) is 54.6 Å². The molecule has 2 nitrogen and oxygen atoms in total. The van der Waals surface area contributed by atoms with E-state index in [1.54, 1.807) is 0 Å². The smallest absolute Gasteiger partial charge is 0.0491 e. The van der Waals surface area contributed by atoms with Crippen molar-refractivity contribution in [3.05, 3.63) is 362 Å². The number of hydrogen-bond acceptors (Lipinski definition) is 0. The first-order valence-electron chi connectivity index (χ1n) is 36.7. The van der Waals surface area contributed by atoms with E-state index in [4.69, 9.17) is 0 Å². The second kappa shape index (κ2) is 26.4. The van der Waals surface area contributed by atoms with Crippen molar-refractivity contribution in [1.29, 1.82) is 0 Å². The topological polar surface area (TPSA) is 9.86 Å². The highest BCUT2D eigenvalue weighted by atomic mass is 15.0. The SMILES string of the molecule is CCn1c2ccccc2c2cc(-c3ccc(-c4ccc(-c5c6ccc(C)cc6c(-c6ccc(-c7ccccc7)cc6)c6ccc(C)cc56)cc4)cc3)ccc21.CCn1c2ccccc2c2cc(-c3ccc(-c4ccc(-c5c6ccc(C)cc6c(-c6ccccc6)c6ccc(C)cc56)cc4)cc3)ccc21. The van der Waals surface area contributed by atoms with Crippen LogP contribution in [0.15, 0.2) is 340 Å². The summed E-state index contributed by atoms with van der Waals surface area (Å²) in [5.74, 6) is 0. The molecule has 0 fully saturated rings. The fourth-order valence-corrected chi connectivity index (χ4v) is 16.7. The summed E-state index contributed by atoms with van der Waals surface area (Å²) < 4.78 is 4.82. The van der Waals surface area contributed by atoms with Gasteiger partial charge in [-0.15, -0.1) is 0 Å². The predicted molar refractivity (Wildman–Crippen MR) is 448 cm³/mol. The second-order valence-corrected chi connectivity index (χ2v) is 28.3. The first-order valence-corrected chi connectivity index (χ1v) is 36.7. The fraction of sp³-hybridized carbons (Fsp3) is 0.0784. The minimum atomic E-state index is 0.956. The van der Waals surface area contributed by atoms with Crippen molar-refractivity contribution in [3.8, 4) is 100 Å². The van der Waals surface area contributed by atoms with Crippen molar-refractivity contribution in [3.63, 3.8) is 0 Å². The van der Waals surface area contributed by atoms with E-state index >= 15 is 0 Å². The summed E-state index contributed by atoms with van der Waals surface area (Å²) in [6.45, 7) is 15.1. The third-order valence-corrected chi connectivity index (χ3v) is 21.8. The molecule has 2 heterocycles. The summed E-state index contributed by atoms with van der Waals surface area (Å²) in [4.78, 5) is 0. The average molecular weight is 1330 g/mol. The Morgan fingerprint density at radius 1 is 0.163 bits per heavy atom. The molecule has 19 aromatic rings. The van der Waals surface area contributed by atoms with E-state index in [1.807, 2.05) is 0 Å². The zero-order valence-electron chi connectivity index (χ0n) is 59.6. The number of rotatable bonds is 11. The summed E-state index contributed by atoms with van der Waals surface area (Å²) in [7, 11) is 0. The van der Waals surface area contributed by atoms with E-state index in [1.165, 1.54) is 209 Å². The Morgan fingerprint density at radius 2 is 0.385 bits per heavy atom. The van der Waals surface area contributed by atoms with Crippen molar-refractivity contribution in [2.24, 2.45) is 0 Å². The van der Waals surface area contributed by atoms with E-state index in [0.29, 0.717) is 0 Å². The van der Waals surface area contributed by atoms with Crippen molar-refractivity contribution in [2.75, 3.05) is 0 Å². The molecule has 0 saturated carbocycles. The Labute approximate surface area is 608 Å². The zero-order chi connectivity index (χ0) is 70.1. The van der Waals surface area contributed by atoms with Crippen LogP contribution in [0.2, 0.25) is 0 Å². The molecule has 17 aromatic carbocycles. The number of aryl methyl sites for hydroxylation is 6. The maximum absolute atomic E-state index is 2.41. The summed E-state index contributed by atoms with van der Waals surface area (Å²) >= 11 is 0. The van der Waals surface area contributed by atoms with Crippen LogP contribution in [-0.4, -0.2) is 9.13 Å². The molecule has 2 aromatic heterocycles. The van der Waals surface area contributed by atoms with Crippen LogP contribution in [0.25, 0.3) is 187 Å². The number of fused-ring (bicyclic) bond motifs is 10. The lowest BCUT2D eigenvalue weighted by molar-refractivity contribution is 0.827. The fourth-order valence-electron chi connectivity index (χ4n) is 16.7. The van der Waals surface area contributed by atoms with Gasteiger partial charge in [-0.2, -0.15) is 0 Å². The molecule has 0 aliphatic rings. The molecule has 0 aliphatic carbocycles. The molecule has 104 heavy (non-hydrogen) atoms. The first kappa shape index (κ1) is 63.5. The Bertz CT molecular complexity index is 6510. The molecule has 0 N–H and O–H groups in total. The highest BCUT2D eigenvalue weighted by Crippen LogP contribution is 2.48. The van der Waals surface area contributed by atoms with Gasteiger partial charge in [0.1, 0.15) is 0 Å². The molecule has 0 atom stereocenters. The molecule has 0 spiro atoms. The molecule has 496 valence electrons. The molecule has 0 unspecified atom stereocenters. The quantitative estimate of drug-likeness (QED) is 0.114. The van der Waals surface area contributed by atoms with Gasteiger partial charge in [0.05, 0.1) is 0 Å². The Kier molecular flexibility index (Phi) is 16.1. The highest BCUT2D eigenvalue weighted by molar-refractivity contribution is 6.23. The Balaban J connectivity index is 0.000000149. The minimum absolute atomic E-state index is 0.956. The summed E-state index contributed by atoms with van der Waals surface area (Å²) in [5.41, 5.74) is 32.7. The maximum Gasteiger partial charge on any atom is 0.0491 e. The zero-order valence-corrected chi connectivity index (χ0v) is 59.6. The van der Waals surface area contributed by atoms with Crippen LogP contribution in [0, 0.1) is 27.7 Å². The van der Waals surface area contributed by atoms with Crippen molar-refractivity contribution < 1.29 is 0 Å². The Morgan fingerprint density at radius 3 is 0.683 bits per heavy atom. The van der Waals surface area contributed by atoms with E-state index < -0.39 is 0 Å². The molecular formula is C102H78N2. The van der Waals surface area contributed by atoms with Crippen LogP contribution in [0.4, 0.5) is 0 Å². The van der Waals surface area contributed by atoms with Gasteiger partial charge < -0.3 is 9.13 Å². The van der Waals surface area contributed by atoms with Crippen molar-refractivity contribution >= 4 is 86.7 Å². The summed E-state index contributed by atoms with van der Waals surface area (Å²) in [5, 5.41) is 15.6. The van der Waals surface area contributed by atoms with Crippen LogP contribution in [0.3, 0.4) is 0 Å². The van der Waals surface area contributed by atoms with Gasteiger partial charge in [-0.1, -0.05) is 326 Å². The van der Waals surface area contributed by atoms with Crippen LogP contribution in [0.5, 0.6) is 0 Å². The second-order valence-electron chi connectivity index (χ2n) is 28.3. The standard InChI is InChI=1S/C54H41N.C48H37N/c1-4-55-51-13-9-8-12-45(51)48-34-44(28-31-52(48)55)41-18-16-39(17-19-41)40-22-26-43(27-23-40)54-47-30-15-35(2)32-49(47)53(46-29-14-36(3)33-50(46)54)42-24-20-38(21-25-42)37-10-6-5-7-11-37;1-4-49-45-13-9-8-12-39(45)42-30-38(24-27-46(42)49)35-18-16-33(17-19-35)34-20-22-37(23-21-34)48-41-26-15-31(2)28-43(41)47(36-10-6-5-7-11-36)40-25-14-32(3)29-44(40)48/h5-34H,4H2,1-3H3;5-30H,4H2,1-3H3. The molecule has 19 rings (SSSR count). The number of benzene rings is 17. The molecule has 0 aliphatic heterocycles. The van der Waals surface area contributed by atoms with Gasteiger partial charge in [-0.05, 0) is 221 Å². The first-order chi connectivity index (χ1) is 51.1. The number of nitrogens with zero attached hydrogens (tertiary/aromatic N) is 2. The molecule has 0 saturated heterocycles. The van der Waals surface area contributed by atoms with E-state index in [2.05, 4.69) is 390 Å². The van der Waals surface area contributed by atoms with Gasteiger partial charge in [0, 0.05) is 56.7 Å². The third-order valence-electron chi connectivity index (χ3n) is 21.8. The molecule has 0 radical (unpaired) electrons. The van der Waals surface area contributed by atoms with Crippen LogP contribution < -0.4 is 0 Å². The maximum atomic E-state index is 2.41. The molecule has 0 amide bonds.